The second-order valence-electron chi connectivity index (χ2n) is 5.30. The van der Waals surface area contributed by atoms with Crippen LogP contribution in [0.25, 0.3) is 5.69 Å². The van der Waals surface area contributed by atoms with E-state index in [1.54, 1.807) is 22.9 Å². The number of aryl methyl sites for hydroxylation is 1. The normalized spacial score (nSPS) is 10.3. The van der Waals surface area contributed by atoms with E-state index in [0.717, 1.165) is 11.3 Å². The number of hydrogen-bond donors (Lipinski definition) is 2. The first-order valence-corrected chi connectivity index (χ1v) is 7.80. The molecule has 0 saturated carbocycles. The highest BCUT2D eigenvalue weighted by Gasteiger charge is 2.07. The predicted octanol–water partition coefficient (Wildman–Crippen LogP) is 3.01. The Labute approximate surface area is 144 Å². The third-order valence-electron chi connectivity index (χ3n) is 3.45. The molecule has 0 aliphatic rings. The summed E-state index contributed by atoms with van der Waals surface area (Å²) in [7, 11) is 0. The number of tetrazole rings is 1. The number of carbonyl (C=O) groups excluding carboxylic acids is 1. The molecule has 1 heterocycles. The van der Waals surface area contributed by atoms with Crippen molar-refractivity contribution in [1.29, 1.82) is 0 Å². The van der Waals surface area contributed by atoms with Crippen molar-refractivity contribution in [1.82, 2.24) is 20.2 Å². The van der Waals surface area contributed by atoms with Crippen LogP contribution >= 0.6 is 0 Å². The number of nitrogens with one attached hydrogen (secondary N) is 2. The highest BCUT2D eigenvalue weighted by atomic mass is 16.5. The van der Waals surface area contributed by atoms with Gasteiger partial charge in [-0.3, -0.25) is 0 Å². The SMILES string of the molecule is CCOc1cccc(NC(=O)Nc2ccc(-n3cnnn3)c(C)c2)c1. The van der Waals surface area contributed by atoms with Gasteiger partial charge in [0.05, 0.1) is 12.3 Å². The van der Waals surface area contributed by atoms with E-state index in [-0.39, 0.29) is 6.03 Å². The molecule has 0 atom stereocenters. The molecule has 0 aliphatic carbocycles. The van der Waals surface area contributed by atoms with Crippen LogP contribution in [0.4, 0.5) is 16.2 Å². The Morgan fingerprint density at radius 3 is 2.64 bits per heavy atom. The third kappa shape index (κ3) is 4.11. The maximum Gasteiger partial charge on any atom is 0.323 e. The van der Waals surface area contributed by atoms with Crippen LogP contribution in [-0.2, 0) is 0 Å². The number of nitrogens with zero attached hydrogens (tertiary/aromatic N) is 4. The van der Waals surface area contributed by atoms with E-state index in [1.165, 1.54) is 6.33 Å². The molecule has 2 aromatic carbocycles. The van der Waals surface area contributed by atoms with Crippen LogP contribution in [0.3, 0.4) is 0 Å². The number of carbonyl (C=O) groups is 1. The van der Waals surface area contributed by atoms with Crippen LogP contribution in [0.5, 0.6) is 5.75 Å². The van der Waals surface area contributed by atoms with E-state index in [2.05, 4.69) is 26.2 Å². The van der Waals surface area contributed by atoms with Gasteiger partial charge in [-0.2, -0.15) is 0 Å². The Bertz CT molecular complexity index is 863. The minimum absolute atomic E-state index is 0.330. The Kier molecular flexibility index (Phi) is 4.89. The highest BCUT2D eigenvalue weighted by Crippen LogP contribution is 2.20. The topological polar surface area (TPSA) is 94.0 Å². The molecule has 0 spiro atoms. The Morgan fingerprint density at radius 2 is 1.96 bits per heavy atom. The largest absolute Gasteiger partial charge is 0.494 e. The van der Waals surface area contributed by atoms with Crippen LogP contribution in [0.15, 0.2) is 48.8 Å². The molecule has 8 nitrogen and oxygen atoms in total. The molecule has 3 aromatic rings. The lowest BCUT2D eigenvalue weighted by Gasteiger charge is -2.11. The van der Waals surface area contributed by atoms with Gasteiger partial charge >= 0.3 is 6.03 Å². The van der Waals surface area contributed by atoms with Crippen molar-refractivity contribution in [2.75, 3.05) is 17.2 Å². The van der Waals surface area contributed by atoms with Gasteiger partial charge in [-0.05, 0) is 60.2 Å². The van der Waals surface area contributed by atoms with Crippen molar-refractivity contribution in [3.05, 3.63) is 54.4 Å². The summed E-state index contributed by atoms with van der Waals surface area (Å²) in [5.41, 5.74) is 3.11. The second-order valence-corrected chi connectivity index (χ2v) is 5.30. The van der Waals surface area contributed by atoms with E-state index in [0.29, 0.717) is 23.7 Å². The van der Waals surface area contributed by atoms with E-state index < -0.39 is 0 Å². The van der Waals surface area contributed by atoms with Gasteiger partial charge in [0.25, 0.3) is 0 Å². The molecule has 0 bridgehead atoms. The quantitative estimate of drug-likeness (QED) is 0.746. The number of amides is 2. The van der Waals surface area contributed by atoms with Crippen molar-refractivity contribution in [3.63, 3.8) is 0 Å². The third-order valence-corrected chi connectivity index (χ3v) is 3.45. The summed E-state index contributed by atoms with van der Waals surface area (Å²) in [4.78, 5) is 12.2. The van der Waals surface area contributed by atoms with E-state index in [9.17, 15) is 4.79 Å². The predicted molar refractivity (Wildman–Crippen MR) is 94.1 cm³/mol. The average molecular weight is 338 g/mol. The number of benzene rings is 2. The molecule has 8 heteroatoms. The van der Waals surface area contributed by atoms with E-state index >= 15 is 0 Å². The molecule has 1 aromatic heterocycles. The highest BCUT2D eigenvalue weighted by molar-refractivity contribution is 5.99. The van der Waals surface area contributed by atoms with Crippen LogP contribution < -0.4 is 15.4 Å². The van der Waals surface area contributed by atoms with Gasteiger partial charge in [-0.1, -0.05) is 6.07 Å². The average Bonchev–Trinajstić information content (AvgIpc) is 3.09. The number of ether oxygens (including phenoxy) is 1. The van der Waals surface area contributed by atoms with Crippen LogP contribution in [-0.4, -0.2) is 32.8 Å². The monoisotopic (exact) mass is 338 g/mol. The summed E-state index contributed by atoms with van der Waals surface area (Å²) in [6.07, 6.45) is 1.52. The van der Waals surface area contributed by atoms with Crippen LogP contribution in [0.1, 0.15) is 12.5 Å². The standard InChI is InChI=1S/C17H18N6O2/c1-3-25-15-6-4-5-13(10-15)19-17(24)20-14-7-8-16(12(2)9-14)23-11-18-21-22-23/h4-11H,3H2,1-2H3,(H2,19,20,24). The van der Waals surface area contributed by atoms with Gasteiger partial charge in [0.2, 0.25) is 0 Å². The maximum atomic E-state index is 12.2. The van der Waals surface area contributed by atoms with Crippen molar-refractivity contribution in [2.45, 2.75) is 13.8 Å². The van der Waals surface area contributed by atoms with Crippen molar-refractivity contribution < 1.29 is 9.53 Å². The van der Waals surface area contributed by atoms with Gasteiger partial charge in [0.15, 0.2) is 0 Å². The summed E-state index contributed by atoms with van der Waals surface area (Å²) in [6, 6.07) is 12.4. The Balaban J connectivity index is 1.67. The first-order valence-electron chi connectivity index (χ1n) is 7.80. The van der Waals surface area contributed by atoms with Crippen LogP contribution in [0, 0.1) is 6.92 Å². The molecule has 0 radical (unpaired) electrons. The number of rotatable bonds is 5. The zero-order valence-corrected chi connectivity index (χ0v) is 13.9. The minimum Gasteiger partial charge on any atom is -0.494 e. The molecule has 0 fully saturated rings. The lowest BCUT2D eigenvalue weighted by molar-refractivity contribution is 0.262. The summed E-state index contributed by atoms with van der Waals surface area (Å²) in [5.74, 6) is 0.710. The van der Waals surface area contributed by atoms with E-state index in [1.807, 2.05) is 38.1 Å². The fourth-order valence-electron chi connectivity index (χ4n) is 2.39. The van der Waals surface area contributed by atoms with E-state index in [4.69, 9.17) is 4.74 Å². The minimum atomic E-state index is -0.330. The molecule has 0 aliphatic heterocycles. The molecular formula is C17H18N6O2. The van der Waals surface area contributed by atoms with Gasteiger partial charge in [0, 0.05) is 17.4 Å². The Morgan fingerprint density at radius 1 is 1.16 bits per heavy atom. The molecule has 25 heavy (non-hydrogen) atoms. The molecule has 128 valence electrons. The molecular weight excluding hydrogens is 320 g/mol. The summed E-state index contributed by atoms with van der Waals surface area (Å²) in [6.45, 7) is 4.41. The van der Waals surface area contributed by atoms with Gasteiger partial charge < -0.3 is 15.4 Å². The van der Waals surface area contributed by atoms with Gasteiger partial charge in [-0.25, -0.2) is 9.48 Å². The summed E-state index contributed by atoms with van der Waals surface area (Å²) in [5, 5.41) is 16.7. The summed E-state index contributed by atoms with van der Waals surface area (Å²) < 4.78 is 6.99. The van der Waals surface area contributed by atoms with Gasteiger partial charge in [0.1, 0.15) is 12.1 Å². The number of urea groups is 1. The molecule has 3 rings (SSSR count). The zero-order chi connectivity index (χ0) is 17.6. The van der Waals surface area contributed by atoms with Crippen molar-refractivity contribution >= 4 is 17.4 Å². The van der Waals surface area contributed by atoms with Gasteiger partial charge in [-0.15, -0.1) is 5.10 Å². The van der Waals surface area contributed by atoms with Crippen molar-refractivity contribution in [3.8, 4) is 11.4 Å². The Hall–Kier alpha value is -3.42. The smallest absolute Gasteiger partial charge is 0.323 e. The van der Waals surface area contributed by atoms with Crippen molar-refractivity contribution in [2.24, 2.45) is 0 Å². The zero-order valence-electron chi connectivity index (χ0n) is 13.9. The maximum absolute atomic E-state index is 12.2. The number of aromatic nitrogens is 4. The molecule has 0 saturated heterocycles. The summed E-state index contributed by atoms with van der Waals surface area (Å²) >= 11 is 0. The first kappa shape index (κ1) is 16.4. The molecule has 0 unspecified atom stereocenters. The lowest BCUT2D eigenvalue weighted by atomic mass is 10.2. The first-order chi connectivity index (χ1) is 12.2. The fourth-order valence-corrected chi connectivity index (χ4v) is 2.39. The van der Waals surface area contributed by atoms with Crippen LogP contribution in [0.2, 0.25) is 0 Å². The number of anilines is 2. The second kappa shape index (κ2) is 7.43. The number of hydrogen-bond acceptors (Lipinski definition) is 5. The molecule has 2 N–H and O–H groups in total. The molecule has 2 amide bonds. The fraction of sp³-hybridized carbons (Fsp3) is 0.176. The lowest BCUT2D eigenvalue weighted by Crippen LogP contribution is -2.19.